The van der Waals surface area contributed by atoms with Gasteiger partial charge in [0.05, 0.1) is 22.1 Å². The summed E-state index contributed by atoms with van der Waals surface area (Å²) in [6.45, 7) is 0. The molecule has 0 unspecified atom stereocenters. The van der Waals surface area contributed by atoms with Crippen molar-refractivity contribution in [3.63, 3.8) is 0 Å². The van der Waals surface area contributed by atoms with Crippen LogP contribution in [-0.4, -0.2) is 4.57 Å². The highest BCUT2D eigenvalue weighted by Gasteiger charge is 2.51. The number of anilines is 3. The molecule has 0 radical (unpaired) electrons. The van der Waals surface area contributed by atoms with E-state index in [0.717, 1.165) is 56.5 Å². The van der Waals surface area contributed by atoms with E-state index in [1.165, 1.54) is 66.3 Å². The van der Waals surface area contributed by atoms with E-state index >= 15 is 0 Å². The summed E-state index contributed by atoms with van der Waals surface area (Å²) >= 11 is 0. The van der Waals surface area contributed by atoms with Crippen molar-refractivity contribution in [2.75, 3.05) is 4.90 Å². The van der Waals surface area contributed by atoms with Crippen LogP contribution < -0.4 is 9.64 Å². The second-order valence-electron chi connectivity index (χ2n) is 18.3. The molecule has 11 aromatic carbocycles. The maximum atomic E-state index is 6.74. The summed E-state index contributed by atoms with van der Waals surface area (Å²) < 4.78 is 9.13. The van der Waals surface area contributed by atoms with Gasteiger partial charge in [0.2, 0.25) is 0 Å². The Balaban J connectivity index is 1.01. The molecule has 70 heavy (non-hydrogen) atoms. The van der Waals surface area contributed by atoms with Gasteiger partial charge < -0.3 is 14.2 Å². The third kappa shape index (κ3) is 5.95. The highest BCUT2D eigenvalue weighted by atomic mass is 16.5. The average molecular weight is 893 g/mol. The molecule has 2 aliphatic rings. The third-order valence-electron chi connectivity index (χ3n) is 14.7. The third-order valence-corrected chi connectivity index (χ3v) is 14.7. The van der Waals surface area contributed by atoms with Gasteiger partial charge in [-0.15, -0.1) is 0 Å². The summed E-state index contributed by atoms with van der Waals surface area (Å²) in [5, 5.41) is 2.49. The van der Waals surface area contributed by atoms with E-state index in [9.17, 15) is 0 Å². The number of hydrogen-bond donors (Lipinski definition) is 0. The highest BCUT2D eigenvalue weighted by Crippen LogP contribution is 2.63. The van der Waals surface area contributed by atoms with E-state index < -0.39 is 5.41 Å². The first-order valence-electron chi connectivity index (χ1n) is 24.1. The molecule has 14 rings (SSSR count). The Morgan fingerprint density at radius 2 is 0.771 bits per heavy atom. The van der Waals surface area contributed by atoms with Crippen LogP contribution in [0.2, 0.25) is 0 Å². The van der Waals surface area contributed by atoms with Crippen molar-refractivity contribution in [3.05, 3.63) is 289 Å². The van der Waals surface area contributed by atoms with E-state index in [1.807, 2.05) is 0 Å². The fourth-order valence-corrected chi connectivity index (χ4v) is 11.8. The predicted octanol–water partition coefficient (Wildman–Crippen LogP) is 17.7. The maximum Gasteiger partial charge on any atom is 0.132 e. The van der Waals surface area contributed by atoms with Crippen molar-refractivity contribution in [2.24, 2.45) is 0 Å². The lowest BCUT2D eigenvalue weighted by Gasteiger charge is -2.39. The Hall–Kier alpha value is -9.18. The molecule has 0 atom stereocenters. The van der Waals surface area contributed by atoms with Crippen LogP contribution in [0.1, 0.15) is 22.3 Å². The lowest BCUT2D eigenvalue weighted by atomic mass is 9.66. The summed E-state index contributed by atoms with van der Waals surface area (Å²) in [5.74, 6) is 1.76. The van der Waals surface area contributed by atoms with Crippen LogP contribution in [0.25, 0.3) is 72.0 Å². The highest BCUT2D eigenvalue weighted by molar-refractivity contribution is 6.09. The minimum Gasteiger partial charge on any atom is -0.457 e. The molecule has 3 heteroatoms. The first-order chi connectivity index (χ1) is 34.8. The summed E-state index contributed by atoms with van der Waals surface area (Å²) in [6, 6.07) is 97.2. The Labute approximate surface area is 407 Å². The first kappa shape index (κ1) is 39.9. The number of ether oxygens (including phenoxy) is 1. The molecular formula is C67H44N2O. The molecule has 3 nitrogen and oxygen atoms in total. The normalized spacial score (nSPS) is 12.8. The fourth-order valence-electron chi connectivity index (χ4n) is 11.8. The molecule has 1 aliphatic heterocycles. The van der Waals surface area contributed by atoms with Crippen molar-refractivity contribution in [2.45, 2.75) is 5.41 Å². The maximum absolute atomic E-state index is 6.74. The van der Waals surface area contributed by atoms with Crippen molar-refractivity contribution in [1.82, 2.24) is 4.57 Å². The largest absolute Gasteiger partial charge is 0.457 e. The Kier molecular flexibility index (Phi) is 9.11. The van der Waals surface area contributed by atoms with E-state index in [2.05, 4.69) is 276 Å². The quantitative estimate of drug-likeness (QED) is 0.159. The lowest BCUT2D eigenvalue weighted by Crippen LogP contribution is -2.32. The number of hydrogen-bond acceptors (Lipinski definition) is 2. The molecular weight excluding hydrogens is 849 g/mol. The van der Waals surface area contributed by atoms with E-state index in [4.69, 9.17) is 4.74 Å². The molecule has 1 aliphatic carbocycles. The Morgan fingerprint density at radius 1 is 0.314 bits per heavy atom. The van der Waals surface area contributed by atoms with Gasteiger partial charge >= 0.3 is 0 Å². The standard InChI is InChI=1S/C67H44N2O/c1-2-20-45(21-3-1)49-22-4-5-23-50(49)51-24-6-7-25-52(51)55-27-9-15-33-62(55)68(46-38-40-47(41-39-46)69-63-34-16-10-28-56(63)57-29-11-17-35-64(57)69)48-42-43-54-53-26-8-12-30-58(53)67(61(54)44-48)59-31-13-18-36-65(59)70-66-37-19-14-32-60(66)67/h1-44H. The van der Waals surface area contributed by atoms with Crippen LogP contribution in [0.3, 0.4) is 0 Å². The van der Waals surface area contributed by atoms with Crippen molar-refractivity contribution >= 4 is 38.9 Å². The van der Waals surface area contributed by atoms with Gasteiger partial charge in [0.1, 0.15) is 11.5 Å². The number of para-hydroxylation sites is 5. The van der Waals surface area contributed by atoms with E-state index in [-0.39, 0.29) is 0 Å². The minimum absolute atomic E-state index is 0.618. The van der Waals surface area contributed by atoms with Gasteiger partial charge in [0.15, 0.2) is 0 Å². The summed E-state index contributed by atoms with van der Waals surface area (Å²) in [7, 11) is 0. The van der Waals surface area contributed by atoms with Gasteiger partial charge in [-0.3, -0.25) is 0 Å². The number of nitrogens with zero attached hydrogens (tertiary/aromatic N) is 2. The molecule has 0 fully saturated rings. The summed E-state index contributed by atoms with van der Waals surface area (Å²) in [4.78, 5) is 2.47. The Bertz CT molecular complexity index is 3900. The first-order valence-corrected chi connectivity index (χ1v) is 24.1. The van der Waals surface area contributed by atoms with Gasteiger partial charge in [-0.05, 0) is 117 Å². The van der Waals surface area contributed by atoms with Gasteiger partial charge in [-0.2, -0.15) is 0 Å². The monoisotopic (exact) mass is 892 g/mol. The van der Waals surface area contributed by atoms with Crippen LogP contribution >= 0.6 is 0 Å². The summed E-state index contributed by atoms with van der Waals surface area (Å²) in [6.07, 6.45) is 0. The van der Waals surface area contributed by atoms with Gasteiger partial charge in [0, 0.05) is 44.5 Å². The van der Waals surface area contributed by atoms with E-state index in [1.54, 1.807) is 0 Å². The zero-order valence-electron chi connectivity index (χ0n) is 38.2. The molecule has 1 aromatic heterocycles. The number of rotatable bonds is 7. The van der Waals surface area contributed by atoms with Crippen molar-refractivity contribution in [3.8, 4) is 61.7 Å². The number of aromatic nitrogens is 1. The van der Waals surface area contributed by atoms with Crippen LogP contribution in [-0.2, 0) is 5.41 Å². The second-order valence-corrected chi connectivity index (χ2v) is 18.3. The number of benzene rings is 11. The lowest BCUT2D eigenvalue weighted by molar-refractivity contribution is 0.436. The SMILES string of the molecule is c1ccc(-c2ccccc2-c2ccccc2-c2ccccc2N(c2ccc(-n3c4ccccc4c4ccccc43)cc2)c2ccc3c(c2)C2(c4ccccc4Oc4ccccc42)c2ccccc2-3)cc1. The van der Waals surface area contributed by atoms with Crippen LogP contribution in [0.5, 0.6) is 11.5 Å². The molecule has 328 valence electrons. The molecule has 2 heterocycles. The van der Waals surface area contributed by atoms with Gasteiger partial charge in [-0.25, -0.2) is 0 Å². The molecule has 0 amide bonds. The molecule has 0 saturated carbocycles. The van der Waals surface area contributed by atoms with Crippen molar-refractivity contribution < 1.29 is 4.74 Å². The molecule has 0 N–H and O–H groups in total. The minimum atomic E-state index is -0.618. The van der Waals surface area contributed by atoms with Gasteiger partial charge in [-0.1, -0.05) is 200 Å². The second kappa shape index (κ2) is 16.0. The zero-order valence-corrected chi connectivity index (χ0v) is 38.2. The smallest absolute Gasteiger partial charge is 0.132 e. The molecule has 1 spiro atoms. The number of fused-ring (bicyclic) bond motifs is 12. The van der Waals surface area contributed by atoms with Gasteiger partial charge in [0.25, 0.3) is 0 Å². The molecule has 0 saturated heterocycles. The zero-order chi connectivity index (χ0) is 46.2. The fraction of sp³-hybridized carbons (Fsp3) is 0.0149. The molecule has 0 bridgehead atoms. The summed E-state index contributed by atoms with van der Waals surface area (Å²) in [5.41, 5.74) is 20.3. The average Bonchev–Trinajstić information content (AvgIpc) is 3.92. The van der Waals surface area contributed by atoms with Crippen LogP contribution in [0.4, 0.5) is 17.1 Å². The predicted molar refractivity (Wildman–Crippen MR) is 289 cm³/mol. The topological polar surface area (TPSA) is 17.4 Å². The van der Waals surface area contributed by atoms with E-state index in [0.29, 0.717) is 0 Å². The van der Waals surface area contributed by atoms with Crippen molar-refractivity contribution in [1.29, 1.82) is 0 Å². The Morgan fingerprint density at radius 3 is 1.43 bits per heavy atom. The van der Waals surface area contributed by atoms with Crippen LogP contribution in [0, 0.1) is 0 Å². The van der Waals surface area contributed by atoms with Crippen LogP contribution in [0.15, 0.2) is 267 Å². The molecule has 12 aromatic rings.